The number of sulfonamides is 1. The maximum atomic E-state index is 12.8. The van der Waals surface area contributed by atoms with Crippen LogP contribution in [0.5, 0.6) is 0 Å². The average Bonchev–Trinajstić information content (AvgIpc) is 2.62. The molecule has 8 heteroatoms. The van der Waals surface area contributed by atoms with E-state index in [0.29, 0.717) is 36.5 Å². The Morgan fingerprint density at radius 2 is 1.62 bits per heavy atom. The number of hydrogen-bond acceptors (Lipinski definition) is 4. The molecule has 1 saturated heterocycles. The minimum absolute atomic E-state index is 0.131. The van der Waals surface area contributed by atoms with E-state index in [1.807, 2.05) is 18.2 Å². The van der Waals surface area contributed by atoms with Crippen LogP contribution in [-0.4, -0.2) is 37.4 Å². The van der Waals surface area contributed by atoms with Crippen molar-refractivity contribution in [2.45, 2.75) is 23.4 Å². The number of amides is 1. The van der Waals surface area contributed by atoms with E-state index in [4.69, 9.17) is 11.6 Å². The van der Waals surface area contributed by atoms with Crippen molar-refractivity contribution >= 4 is 33.2 Å². The lowest BCUT2D eigenvalue weighted by Crippen LogP contribution is -2.62. The van der Waals surface area contributed by atoms with Gasteiger partial charge >= 0.3 is 0 Å². The summed E-state index contributed by atoms with van der Waals surface area (Å²) in [4.78, 5) is 12.6. The van der Waals surface area contributed by atoms with E-state index in [1.54, 1.807) is 18.2 Å². The average molecular weight is 392 g/mol. The highest BCUT2D eigenvalue weighted by atomic mass is 35.5. The fraction of sp³-hybridized carbons (Fsp3) is 0.278. The molecule has 26 heavy (non-hydrogen) atoms. The van der Waals surface area contributed by atoms with Crippen molar-refractivity contribution in [2.24, 2.45) is 0 Å². The van der Waals surface area contributed by atoms with E-state index in [0.717, 1.165) is 5.69 Å². The van der Waals surface area contributed by atoms with Crippen LogP contribution in [0.4, 0.5) is 5.69 Å². The summed E-state index contributed by atoms with van der Waals surface area (Å²) in [6, 6.07) is 13.5. The van der Waals surface area contributed by atoms with Gasteiger partial charge in [0, 0.05) is 36.6 Å². The number of carbonyl (C=O) groups is 1. The number of piperidine rings is 1. The summed E-state index contributed by atoms with van der Waals surface area (Å²) in [6.07, 6.45) is 0.972. The Kier molecular flexibility index (Phi) is 4.17. The summed E-state index contributed by atoms with van der Waals surface area (Å²) in [5.41, 5.74) is 0.775. The minimum Gasteiger partial charge on any atom is -0.362 e. The molecule has 0 aliphatic carbocycles. The maximum absolute atomic E-state index is 12.8. The molecule has 4 rings (SSSR count). The molecule has 0 aromatic heterocycles. The van der Waals surface area contributed by atoms with Gasteiger partial charge in [-0.25, -0.2) is 8.42 Å². The molecule has 0 unspecified atom stereocenters. The van der Waals surface area contributed by atoms with Crippen molar-refractivity contribution in [1.82, 2.24) is 9.62 Å². The SMILES string of the molecule is O=C1NC2(CCN(S(=O)(=O)c3ccc(Cl)cc3)CC2)Nc2ccccc21. The molecule has 0 atom stereocenters. The van der Waals surface area contributed by atoms with Gasteiger partial charge in [0.05, 0.1) is 10.5 Å². The first-order valence-corrected chi connectivity index (χ1v) is 10.2. The van der Waals surface area contributed by atoms with Crippen molar-refractivity contribution in [3.05, 3.63) is 59.1 Å². The third-order valence-corrected chi connectivity index (χ3v) is 7.09. The highest BCUT2D eigenvalue weighted by molar-refractivity contribution is 7.89. The maximum Gasteiger partial charge on any atom is 0.255 e. The molecule has 2 N–H and O–H groups in total. The van der Waals surface area contributed by atoms with E-state index in [9.17, 15) is 13.2 Å². The number of benzene rings is 2. The quantitative estimate of drug-likeness (QED) is 0.825. The van der Waals surface area contributed by atoms with Gasteiger partial charge in [-0.2, -0.15) is 4.31 Å². The van der Waals surface area contributed by atoms with Gasteiger partial charge in [-0.05, 0) is 36.4 Å². The molecule has 0 bridgehead atoms. The molecule has 2 aromatic rings. The molecule has 2 aliphatic rings. The number of anilines is 1. The van der Waals surface area contributed by atoms with E-state index < -0.39 is 15.7 Å². The Labute approximate surface area is 157 Å². The third-order valence-electron chi connectivity index (χ3n) is 4.93. The van der Waals surface area contributed by atoms with E-state index in [-0.39, 0.29) is 10.8 Å². The summed E-state index contributed by atoms with van der Waals surface area (Å²) in [7, 11) is -3.57. The third kappa shape index (κ3) is 2.96. The number of carbonyl (C=O) groups excluding carboxylic acids is 1. The minimum atomic E-state index is -3.57. The first-order chi connectivity index (χ1) is 12.4. The molecular weight excluding hydrogens is 374 g/mol. The number of nitrogens with zero attached hydrogens (tertiary/aromatic N) is 1. The molecule has 2 heterocycles. The second kappa shape index (κ2) is 6.26. The van der Waals surface area contributed by atoms with Crippen LogP contribution in [0.25, 0.3) is 0 Å². The first kappa shape index (κ1) is 17.3. The van der Waals surface area contributed by atoms with Crippen molar-refractivity contribution in [3.8, 4) is 0 Å². The van der Waals surface area contributed by atoms with Gasteiger partial charge in [0.1, 0.15) is 5.66 Å². The van der Waals surface area contributed by atoms with Gasteiger partial charge in [-0.3, -0.25) is 4.79 Å². The van der Waals surface area contributed by atoms with Crippen molar-refractivity contribution < 1.29 is 13.2 Å². The zero-order valence-electron chi connectivity index (χ0n) is 13.9. The van der Waals surface area contributed by atoms with Crippen LogP contribution < -0.4 is 10.6 Å². The summed E-state index contributed by atoms with van der Waals surface area (Å²) >= 11 is 5.84. The van der Waals surface area contributed by atoms with Crippen molar-refractivity contribution in [3.63, 3.8) is 0 Å². The lowest BCUT2D eigenvalue weighted by Gasteiger charge is -2.45. The van der Waals surface area contributed by atoms with Crippen LogP contribution in [0, 0.1) is 0 Å². The highest BCUT2D eigenvalue weighted by Gasteiger charge is 2.42. The van der Waals surface area contributed by atoms with Crippen LogP contribution >= 0.6 is 11.6 Å². The molecule has 0 radical (unpaired) electrons. The van der Waals surface area contributed by atoms with Crippen molar-refractivity contribution in [2.75, 3.05) is 18.4 Å². The van der Waals surface area contributed by atoms with E-state index >= 15 is 0 Å². The van der Waals surface area contributed by atoms with Gasteiger partial charge in [-0.15, -0.1) is 0 Å². The fourth-order valence-corrected chi connectivity index (χ4v) is 5.05. The predicted molar refractivity (Wildman–Crippen MR) is 99.7 cm³/mol. The fourth-order valence-electron chi connectivity index (χ4n) is 3.48. The summed E-state index contributed by atoms with van der Waals surface area (Å²) < 4.78 is 27.1. The van der Waals surface area contributed by atoms with E-state index in [1.165, 1.54) is 16.4 Å². The topological polar surface area (TPSA) is 78.5 Å². The largest absolute Gasteiger partial charge is 0.362 e. The van der Waals surface area contributed by atoms with Gasteiger partial charge < -0.3 is 10.6 Å². The number of halogens is 1. The number of nitrogens with one attached hydrogen (secondary N) is 2. The molecule has 2 aliphatic heterocycles. The molecule has 6 nitrogen and oxygen atoms in total. The number of rotatable bonds is 2. The molecule has 0 saturated carbocycles. The summed E-state index contributed by atoms with van der Waals surface area (Å²) in [5.74, 6) is -0.131. The Morgan fingerprint density at radius 1 is 0.962 bits per heavy atom. The smallest absolute Gasteiger partial charge is 0.255 e. The van der Waals surface area contributed by atoms with Crippen LogP contribution in [0.15, 0.2) is 53.4 Å². The normalized spacial score (nSPS) is 19.5. The van der Waals surface area contributed by atoms with Crippen molar-refractivity contribution in [1.29, 1.82) is 0 Å². The van der Waals surface area contributed by atoms with Crippen LogP contribution in [0.1, 0.15) is 23.2 Å². The van der Waals surface area contributed by atoms with Crippen LogP contribution in [0.3, 0.4) is 0 Å². The van der Waals surface area contributed by atoms with Gasteiger partial charge in [-0.1, -0.05) is 23.7 Å². The predicted octanol–water partition coefficient (Wildman–Crippen LogP) is 2.68. The molecule has 2 aromatic carbocycles. The number of hydrogen-bond donors (Lipinski definition) is 2. The second-order valence-electron chi connectivity index (χ2n) is 6.56. The van der Waals surface area contributed by atoms with Crippen LogP contribution in [0.2, 0.25) is 5.02 Å². The van der Waals surface area contributed by atoms with Gasteiger partial charge in [0.25, 0.3) is 5.91 Å². The zero-order valence-corrected chi connectivity index (χ0v) is 15.5. The Bertz CT molecular complexity index is 952. The standard InChI is InChI=1S/C18H18ClN3O3S/c19-13-5-7-14(8-6-13)26(24,25)22-11-9-18(10-12-22)20-16-4-2-1-3-15(16)17(23)21-18/h1-8,20H,9-12H2,(H,21,23). The molecular formula is C18H18ClN3O3S. The van der Waals surface area contributed by atoms with Gasteiger partial charge in [0.2, 0.25) is 10.0 Å². The Hall–Kier alpha value is -2.09. The molecule has 1 fully saturated rings. The first-order valence-electron chi connectivity index (χ1n) is 8.35. The zero-order chi connectivity index (χ0) is 18.4. The lowest BCUT2D eigenvalue weighted by atomic mass is 9.93. The Balaban J connectivity index is 1.53. The Morgan fingerprint density at radius 3 is 2.31 bits per heavy atom. The van der Waals surface area contributed by atoms with E-state index in [2.05, 4.69) is 10.6 Å². The summed E-state index contributed by atoms with van der Waals surface area (Å²) in [5, 5.41) is 6.90. The molecule has 136 valence electrons. The highest BCUT2D eigenvalue weighted by Crippen LogP contribution is 2.33. The number of para-hydroxylation sites is 1. The molecule has 1 amide bonds. The van der Waals surface area contributed by atoms with Gasteiger partial charge in [0.15, 0.2) is 0 Å². The summed E-state index contributed by atoms with van der Waals surface area (Å²) in [6.45, 7) is 0.640. The second-order valence-corrected chi connectivity index (χ2v) is 8.94. The lowest BCUT2D eigenvalue weighted by molar-refractivity contribution is 0.0865. The number of fused-ring (bicyclic) bond motifs is 1. The van der Waals surface area contributed by atoms with Crippen LogP contribution in [-0.2, 0) is 10.0 Å². The monoisotopic (exact) mass is 391 g/mol. The molecule has 1 spiro atoms.